The van der Waals surface area contributed by atoms with Crippen LogP contribution in [0.2, 0.25) is 0 Å². The van der Waals surface area contributed by atoms with Gasteiger partial charge in [0.1, 0.15) is 10.1 Å². The normalized spacial score (nSPS) is 11.4. The largest absolute Gasteiger partial charge is 1.00 e. The van der Waals surface area contributed by atoms with E-state index in [2.05, 4.69) is 6.92 Å². The van der Waals surface area contributed by atoms with Gasteiger partial charge in [-0.05, 0) is 35.2 Å². The van der Waals surface area contributed by atoms with Crippen molar-refractivity contribution in [2.45, 2.75) is 69.6 Å². The van der Waals surface area contributed by atoms with Crippen LogP contribution in [0.1, 0.15) is 63.9 Å². The number of benzene rings is 2. The molecular weight excluding hydrogens is 343 g/mol. The standard InChI is InChI=1S/C20H28O3S.Na/c1-2-3-4-5-6-7-8-9-11-17-14-15-19-18(16-17)12-10-13-20(19)24(21,22)23;/h10,12-16H,2-9,11H2,1H3,(H,21,22,23);/q;+1/p-1. The fraction of sp³-hybridized carbons (Fsp3) is 0.500. The van der Waals surface area contributed by atoms with Gasteiger partial charge in [0.25, 0.3) is 0 Å². The van der Waals surface area contributed by atoms with Crippen molar-refractivity contribution in [1.29, 1.82) is 0 Å². The number of unbranched alkanes of at least 4 members (excludes halogenated alkanes) is 7. The molecule has 2 rings (SSSR count). The second-order valence-corrected chi connectivity index (χ2v) is 7.84. The molecule has 0 aliphatic rings. The SMILES string of the molecule is CCCCCCCCCCc1ccc2c(S(=O)(=O)[O-])cccc2c1.[Na+]. The van der Waals surface area contributed by atoms with Gasteiger partial charge in [0, 0.05) is 0 Å². The minimum Gasteiger partial charge on any atom is -0.744 e. The monoisotopic (exact) mass is 370 g/mol. The van der Waals surface area contributed by atoms with E-state index in [0.29, 0.717) is 5.39 Å². The summed E-state index contributed by atoms with van der Waals surface area (Å²) in [6.07, 6.45) is 11.3. The van der Waals surface area contributed by atoms with E-state index in [1.165, 1.54) is 56.6 Å². The van der Waals surface area contributed by atoms with Crippen molar-refractivity contribution in [3.8, 4) is 0 Å². The molecule has 0 amide bonds. The molecule has 0 radical (unpaired) electrons. The second-order valence-electron chi connectivity index (χ2n) is 6.49. The number of rotatable bonds is 10. The van der Waals surface area contributed by atoms with Gasteiger partial charge in [0.15, 0.2) is 0 Å². The molecule has 0 saturated carbocycles. The molecule has 0 spiro atoms. The van der Waals surface area contributed by atoms with Crippen molar-refractivity contribution in [2.75, 3.05) is 0 Å². The molecule has 0 unspecified atom stereocenters. The van der Waals surface area contributed by atoms with Crippen LogP contribution in [-0.4, -0.2) is 13.0 Å². The van der Waals surface area contributed by atoms with Crippen LogP contribution in [0.25, 0.3) is 10.8 Å². The molecule has 25 heavy (non-hydrogen) atoms. The van der Waals surface area contributed by atoms with Crippen LogP contribution < -0.4 is 29.6 Å². The molecule has 0 N–H and O–H groups in total. The van der Waals surface area contributed by atoms with Gasteiger partial charge in [-0.3, -0.25) is 0 Å². The first-order valence-electron chi connectivity index (χ1n) is 9.00. The van der Waals surface area contributed by atoms with Crippen molar-refractivity contribution < 1.29 is 42.5 Å². The molecule has 0 aromatic heterocycles. The van der Waals surface area contributed by atoms with E-state index < -0.39 is 10.1 Å². The average molecular weight is 370 g/mol. The molecule has 0 heterocycles. The Bertz CT molecular complexity index is 757. The van der Waals surface area contributed by atoms with E-state index in [-0.39, 0.29) is 34.5 Å². The first-order chi connectivity index (χ1) is 11.5. The Morgan fingerprint density at radius 1 is 0.880 bits per heavy atom. The third kappa shape index (κ3) is 7.40. The molecule has 0 atom stereocenters. The molecular formula is C20H27NaO3S. The van der Waals surface area contributed by atoms with Crippen LogP contribution >= 0.6 is 0 Å². The molecule has 0 fully saturated rings. The zero-order valence-corrected chi connectivity index (χ0v) is 18.3. The van der Waals surface area contributed by atoms with Crippen molar-refractivity contribution in [3.63, 3.8) is 0 Å². The van der Waals surface area contributed by atoms with Crippen LogP contribution in [0.15, 0.2) is 41.3 Å². The van der Waals surface area contributed by atoms with Crippen LogP contribution in [0, 0.1) is 0 Å². The first kappa shape index (κ1) is 22.7. The van der Waals surface area contributed by atoms with Gasteiger partial charge in [0.05, 0.1) is 4.90 Å². The number of hydrogen-bond donors (Lipinski definition) is 0. The summed E-state index contributed by atoms with van der Waals surface area (Å²) in [4.78, 5) is -0.126. The molecule has 0 bridgehead atoms. The van der Waals surface area contributed by atoms with Crippen molar-refractivity contribution in [1.82, 2.24) is 0 Å². The van der Waals surface area contributed by atoms with Gasteiger partial charge in [0.2, 0.25) is 0 Å². The predicted octanol–water partition coefficient (Wildman–Crippen LogP) is 2.43. The summed E-state index contributed by atoms with van der Waals surface area (Å²) >= 11 is 0. The maximum atomic E-state index is 11.3. The van der Waals surface area contributed by atoms with E-state index >= 15 is 0 Å². The fourth-order valence-electron chi connectivity index (χ4n) is 3.14. The van der Waals surface area contributed by atoms with Gasteiger partial charge in [-0.25, -0.2) is 8.42 Å². The molecule has 2 aromatic carbocycles. The van der Waals surface area contributed by atoms with Crippen molar-refractivity contribution >= 4 is 20.9 Å². The van der Waals surface area contributed by atoms with Crippen LogP contribution in [0.4, 0.5) is 0 Å². The second kappa shape index (κ2) is 11.3. The topological polar surface area (TPSA) is 57.2 Å². The number of hydrogen-bond acceptors (Lipinski definition) is 3. The van der Waals surface area contributed by atoms with E-state index in [0.717, 1.165) is 18.2 Å². The number of aryl methyl sites for hydroxylation is 1. The Balaban J connectivity index is 0.00000312. The zero-order valence-electron chi connectivity index (χ0n) is 15.5. The number of fused-ring (bicyclic) bond motifs is 1. The summed E-state index contributed by atoms with van der Waals surface area (Å²) < 4.78 is 33.9. The molecule has 0 aliphatic heterocycles. The van der Waals surface area contributed by atoms with Crippen LogP contribution in [0.3, 0.4) is 0 Å². The summed E-state index contributed by atoms with van der Waals surface area (Å²) in [7, 11) is -4.43. The van der Waals surface area contributed by atoms with Gasteiger partial charge in [-0.1, -0.05) is 82.2 Å². The van der Waals surface area contributed by atoms with Gasteiger partial charge < -0.3 is 4.55 Å². The van der Waals surface area contributed by atoms with E-state index in [4.69, 9.17) is 0 Å². The molecule has 2 aromatic rings. The summed E-state index contributed by atoms with van der Waals surface area (Å²) in [5, 5.41) is 1.34. The summed E-state index contributed by atoms with van der Waals surface area (Å²) in [5.74, 6) is 0. The van der Waals surface area contributed by atoms with E-state index in [1.54, 1.807) is 12.1 Å². The van der Waals surface area contributed by atoms with E-state index in [1.807, 2.05) is 18.2 Å². The van der Waals surface area contributed by atoms with Gasteiger partial charge in [-0.2, -0.15) is 0 Å². The maximum Gasteiger partial charge on any atom is 1.00 e. The Morgan fingerprint density at radius 3 is 2.16 bits per heavy atom. The summed E-state index contributed by atoms with van der Waals surface area (Å²) in [6.45, 7) is 2.24. The van der Waals surface area contributed by atoms with Gasteiger partial charge >= 0.3 is 29.6 Å². The van der Waals surface area contributed by atoms with Gasteiger partial charge in [-0.15, -0.1) is 0 Å². The Hall–Kier alpha value is -0.390. The first-order valence-corrected chi connectivity index (χ1v) is 10.4. The fourth-order valence-corrected chi connectivity index (χ4v) is 3.84. The minimum atomic E-state index is -4.43. The Morgan fingerprint density at radius 2 is 1.52 bits per heavy atom. The smallest absolute Gasteiger partial charge is 0.744 e. The third-order valence-electron chi connectivity index (χ3n) is 4.49. The summed E-state index contributed by atoms with van der Waals surface area (Å²) in [6, 6.07) is 10.6. The van der Waals surface area contributed by atoms with Crippen molar-refractivity contribution in [3.05, 3.63) is 42.0 Å². The average Bonchev–Trinajstić information content (AvgIpc) is 2.55. The Labute approximate surface area is 174 Å². The van der Waals surface area contributed by atoms with Crippen LogP contribution in [-0.2, 0) is 16.5 Å². The Kier molecular flexibility index (Phi) is 10.3. The third-order valence-corrected chi connectivity index (χ3v) is 5.39. The molecule has 5 heteroatoms. The molecule has 3 nitrogen and oxygen atoms in total. The molecule has 0 saturated heterocycles. The quantitative estimate of drug-likeness (QED) is 0.367. The maximum absolute atomic E-state index is 11.3. The predicted molar refractivity (Wildman–Crippen MR) is 98.2 cm³/mol. The molecule has 132 valence electrons. The van der Waals surface area contributed by atoms with Crippen LogP contribution in [0.5, 0.6) is 0 Å². The van der Waals surface area contributed by atoms with Crippen molar-refractivity contribution in [2.24, 2.45) is 0 Å². The summed E-state index contributed by atoms with van der Waals surface area (Å²) in [5.41, 5.74) is 1.20. The van der Waals surface area contributed by atoms with E-state index in [9.17, 15) is 13.0 Å². The molecule has 0 aliphatic carbocycles. The minimum absolute atomic E-state index is 0. The zero-order chi connectivity index (χ0) is 17.4.